The van der Waals surface area contributed by atoms with Gasteiger partial charge in [0.15, 0.2) is 23.0 Å². The molecule has 2 aromatic rings. The summed E-state index contributed by atoms with van der Waals surface area (Å²) in [5, 5.41) is 32.7. The summed E-state index contributed by atoms with van der Waals surface area (Å²) in [7, 11) is 1.36. The van der Waals surface area contributed by atoms with E-state index in [2.05, 4.69) is 5.32 Å². The number of anilines is 1. The SMILES string of the molecule is COc1cc(/C=C(\C#N)C(=O)Nc2cc3c(cc2[N+](=O)[O-])OCCO3)ccc1O. The van der Waals surface area contributed by atoms with Crippen molar-refractivity contribution >= 4 is 23.4 Å². The molecule has 3 rings (SSSR count). The first-order chi connectivity index (χ1) is 13.9. The fourth-order valence-corrected chi connectivity index (χ4v) is 2.62. The molecule has 0 unspecified atom stereocenters. The fraction of sp³-hybridized carbons (Fsp3) is 0.158. The maximum absolute atomic E-state index is 12.5. The van der Waals surface area contributed by atoms with E-state index in [9.17, 15) is 25.3 Å². The lowest BCUT2D eigenvalue weighted by molar-refractivity contribution is -0.384. The maximum Gasteiger partial charge on any atom is 0.296 e. The number of nitro groups is 1. The van der Waals surface area contributed by atoms with E-state index in [1.807, 2.05) is 0 Å². The van der Waals surface area contributed by atoms with Crippen LogP contribution in [0.25, 0.3) is 6.08 Å². The molecule has 0 radical (unpaired) electrons. The number of hydrogen-bond donors (Lipinski definition) is 2. The van der Waals surface area contributed by atoms with Crippen LogP contribution in [-0.2, 0) is 4.79 Å². The number of nitriles is 1. The molecule has 1 amide bonds. The van der Waals surface area contributed by atoms with Gasteiger partial charge in [0.25, 0.3) is 11.6 Å². The fourth-order valence-electron chi connectivity index (χ4n) is 2.62. The summed E-state index contributed by atoms with van der Waals surface area (Å²) < 4.78 is 15.7. The van der Waals surface area contributed by atoms with E-state index in [1.54, 1.807) is 6.07 Å². The van der Waals surface area contributed by atoms with Gasteiger partial charge in [-0.15, -0.1) is 0 Å². The first-order valence-electron chi connectivity index (χ1n) is 8.31. The van der Waals surface area contributed by atoms with Crippen LogP contribution in [0.1, 0.15) is 5.56 Å². The van der Waals surface area contributed by atoms with Crippen LogP contribution >= 0.6 is 0 Å². The van der Waals surface area contributed by atoms with E-state index in [0.29, 0.717) is 5.56 Å². The highest BCUT2D eigenvalue weighted by atomic mass is 16.6. The normalized spacial score (nSPS) is 12.6. The summed E-state index contributed by atoms with van der Waals surface area (Å²) in [6.45, 7) is 0.525. The second-order valence-electron chi connectivity index (χ2n) is 5.83. The van der Waals surface area contributed by atoms with Gasteiger partial charge in [0.2, 0.25) is 0 Å². The smallest absolute Gasteiger partial charge is 0.296 e. The summed E-state index contributed by atoms with van der Waals surface area (Å²) in [4.78, 5) is 23.2. The lowest BCUT2D eigenvalue weighted by Crippen LogP contribution is -2.18. The first kappa shape index (κ1) is 19.5. The third-order valence-electron chi connectivity index (χ3n) is 3.99. The molecule has 0 bridgehead atoms. The summed E-state index contributed by atoms with van der Waals surface area (Å²) in [6.07, 6.45) is 1.27. The second kappa shape index (κ2) is 8.18. The van der Waals surface area contributed by atoms with Crippen LogP contribution in [-0.4, -0.2) is 36.3 Å². The third-order valence-corrected chi connectivity index (χ3v) is 3.99. The number of fused-ring (bicyclic) bond motifs is 1. The minimum atomic E-state index is -0.848. The van der Waals surface area contributed by atoms with Crippen molar-refractivity contribution in [1.82, 2.24) is 0 Å². The number of amides is 1. The van der Waals surface area contributed by atoms with Crippen molar-refractivity contribution in [1.29, 1.82) is 5.26 Å². The van der Waals surface area contributed by atoms with Gasteiger partial charge in [-0.1, -0.05) is 6.07 Å². The van der Waals surface area contributed by atoms with Crippen molar-refractivity contribution in [3.63, 3.8) is 0 Å². The Hall–Kier alpha value is -4.26. The molecular formula is C19H15N3O7. The van der Waals surface area contributed by atoms with Crippen LogP contribution in [0, 0.1) is 21.4 Å². The van der Waals surface area contributed by atoms with Gasteiger partial charge in [-0.05, 0) is 23.8 Å². The van der Waals surface area contributed by atoms with Gasteiger partial charge in [-0.3, -0.25) is 14.9 Å². The molecule has 0 aliphatic carbocycles. The van der Waals surface area contributed by atoms with Gasteiger partial charge in [-0.25, -0.2) is 0 Å². The number of ether oxygens (including phenoxy) is 3. The average molecular weight is 397 g/mol. The minimum absolute atomic E-state index is 0.0977. The zero-order chi connectivity index (χ0) is 21.0. The summed E-state index contributed by atoms with van der Waals surface area (Å²) in [5.41, 5.74) is -0.412. The number of hydrogen-bond acceptors (Lipinski definition) is 8. The third kappa shape index (κ3) is 4.19. The Balaban J connectivity index is 1.92. The predicted octanol–water partition coefficient (Wildman–Crippen LogP) is 2.63. The molecule has 0 saturated heterocycles. The van der Waals surface area contributed by atoms with Gasteiger partial charge in [-0.2, -0.15) is 5.26 Å². The Morgan fingerprint density at radius 1 is 1.31 bits per heavy atom. The summed E-state index contributed by atoms with van der Waals surface area (Å²) >= 11 is 0. The number of nitro benzene ring substituents is 1. The molecule has 2 aromatic carbocycles. The predicted molar refractivity (Wildman–Crippen MR) is 101 cm³/mol. The van der Waals surface area contributed by atoms with Gasteiger partial charge in [0.05, 0.1) is 18.1 Å². The molecular weight excluding hydrogens is 382 g/mol. The molecule has 0 saturated carbocycles. The highest BCUT2D eigenvalue weighted by Crippen LogP contribution is 2.39. The Kier molecular flexibility index (Phi) is 5.50. The Morgan fingerprint density at radius 3 is 2.62 bits per heavy atom. The number of rotatable bonds is 5. The van der Waals surface area contributed by atoms with Crippen LogP contribution in [0.15, 0.2) is 35.9 Å². The molecule has 2 N–H and O–H groups in total. The van der Waals surface area contributed by atoms with E-state index >= 15 is 0 Å². The number of benzene rings is 2. The van der Waals surface area contributed by atoms with Crippen LogP contribution in [0.2, 0.25) is 0 Å². The highest BCUT2D eigenvalue weighted by molar-refractivity contribution is 6.10. The Morgan fingerprint density at radius 2 is 2.00 bits per heavy atom. The van der Waals surface area contributed by atoms with Crippen molar-refractivity contribution in [2.45, 2.75) is 0 Å². The number of phenols is 1. The molecule has 0 aromatic heterocycles. The molecule has 10 heteroatoms. The summed E-state index contributed by atoms with van der Waals surface area (Å²) in [5.74, 6) is -0.325. The Bertz CT molecular complexity index is 1060. The van der Waals surface area contributed by atoms with E-state index in [0.717, 1.165) is 6.07 Å². The van der Waals surface area contributed by atoms with E-state index in [4.69, 9.17) is 14.2 Å². The largest absolute Gasteiger partial charge is 0.504 e. The number of nitrogens with zero attached hydrogens (tertiary/aromatic N) is 2. The van der Waals surface area contributed by atoms with Crippen molar-refractivity contribution in [2.75, 3.05) is 25.6 Å². The number of methoxy groups -OCH3 is 1. The first-order valence-corrected chi connectivity index (χ1v) is 8.31. The molecule has 1 aliphatic rings. The zero-order valence-electron chi connectivity index (χ0n) is 15.2. The number of nitrogens with one attached hydrogen (secondary N) is 1. The highest BCUT2D eigenvalue weighted by Gasteiger charge is 2.24. The number of carbonyl (C=O) groups excluding carboxylic acids is 1. The number of aromatic hydroxyl groups is 1. The van der Waals surface area contributed by atoms with E-state index < -0.39 is 16.5 Å². The monoisotopic (exact) mass is 397 g/mol. The standard InChI is InChI=1S/C19H15N3O7/c1-27-16-7-11(2-3-15(16)23)6-12(10-20)19(24)21-13-8-17-18(29-5-4-28-17)9-14(13)22(25)26/h2-3,6-9,23H,4-5H2,1H3,(H,21,24)/b12-6+. The molecule has 0 atom stereocenters. The van der Waals surface area contributed by atoms with Crippen LogP contribution < -0.4 is 19.5 Å². The molecule has 0 fully saturated rings. The van der Waals surface area contributed by atoms with Crippen LogP contribution in [0.5, 0.6) is 23.0 Å². The van der Waals surface area contributed by atoms with Crippen molar-refractivity contribution in [3.8, 4) is 29.1 Å². The number of carbonyl (C=O) groups is 1. The Labute approximate surface area is 164 Å². The van der Waals surface area contributed by atoms with Crippen molar-refractivity contribution in [2.24, 2.45) is 0 Å². The van der Waals surface area contributed by atoms with E-state index in [1.165, 1.54) is 37.5 Å². The lowest BCUT2D eigenvalue weighted by Gasteiger charge is -2.19. The summed E-state index contributed by atoms with van der Waals surface area (Å²) in [6, 6.07) is 8.46. The van der Waals surface area contributed by atoms with E-state index in [-0.39, 0.29) is 47.5 Å². The average Bonchev–Trinajstić information content (AvgIpc) is 2.72. The quantitative estimate of drug-likeness (QED) is 0.339. The maximum atomic E-state index is 12.5. The minimum Gasteiger partial charge on any atom is -0.504 e. The van der Waals surface area contributed by atoms with Crippen molar-refractivity contribution in [3.05, 3.63) is 51.6 Å². The molecule has 1 aliphatic heterocycles. The zero-order valence-corrected chi connectivity index (χ0v) is 15.2. The molecule has 1 heterocycles. The van der Waals surface area contributed by atoms with Crippen molar-refractivity contribution < 1.29 is 29.0 Å². The molecule has 10 nitrogen and oxygen atoms in total. The van der Waals surface area contributed by atoms with Gasteiger partial charge in [0.1, 0.15) is 30.5 Å². The molecule has 148 valence electrons. The molecule has 0 spiro atoms. The van der Waals surface area contributed by atoms with Crippen LogP contribution in [0.4, 0.5) is 11.4 Å². The van der Waals surface area contributed by atoms with Gasteiger partial charge in [0, 0.05) is 6.07 Å². The second-order valence-corrected chi connectivity index (χ2v) is 5.83. The lowest BCUT2D eigenvalue weighted by atomic mass is 10.1. The molecule has 29 heavy (non-hydrogen) atoms. The topological polar surface area (TPSA) is 144 Å². The van der Waals surface area contributed by atoms with Crippen LogP contribution in [0.3, 0.4) is 0 Å². The van der Waals surface area contributed by atoms with Gasteiger partial charge < -0.3 is 24.6 Å². The number of phenolic OH excluding ortho intramolecular Hbond substituents is 1. The van der Waals surface area contributed by atoms with Gasteiger partial charge >= 0.3 is 0 Å².